The van der Waals surface area contributed by atoms with E-state index < -0.39 is 6.67 Å². The summed E-state index contributed by atoms with van der Waals surface area (Å²) in [5, 5.41) is 0. The Labute approximate surface area is 96.9 Å². The summed E-state index contributed by atoms with van der Waals surface area (Å²) in [5.74, 6) is -0.169. The Hall–Kier alpha value is -0.940. The first-order valence-electron chi connectivity index (χ1n) is 5.35. The molecule has 2 unspecified atom stereocenters. The maximum Gasteiger partial charge on any atom is 0.246 e. The third kappa shape index (κ3) is 3.28. The minimum absolute atomic E-state index is 0.129. The summed E-state index contributed by atoms with van der Waals surface area (Å²) in [7, 11) is 5.32. The fourth-order valence-corrected chi connectivity index (χ4v) is 2.02. The lowest BCUT2D eigenvalue weighted by Gasteiger charge is -2.28. The molecule has 0 aliphatic carbocycles. The second-order valence-electron chi connectivity index (χ2n) is 3.78. The van der Waals surface area contributed by atoms with Crippen molar-refractivity contribution in [3.8, 4) is 0 Å². The number of likely N-dealkylation sites (N-methyl/N-ethyl adjacent to an activating group) is 1. The molecule has 1 aliphatic rings. The van der Waals surface area contributed by atoms with Crippen LogP contribution in [0.4, 0.5) is 4.39 Å². The third-order valence-corrected chi connectivity index (χ3v) is 2.79. The van der Waals surface area contributed by atoms with E-state index in [4.69, 9.17) is 0 Å². The van der Waals surface area contributed by atoms with Crippen molar-refractivity contribution in [1.29, 1.82) is 0 Å². The average molecular weight is 231 g/mol. The molecule has 0 aromatic carbocycles. The topological polar surface area (TPSA) is 49.6 Å². The van der Waals surface area contributed by atoms with Crippen LogP contribution in [0.5, 0.6) is 0 Å². The highest BCUT2D eigenvalue weighted by molar-refractivity contribution is 5.87. The van der Waals surface area contributed by atoms with Gasteiger partial charge in [0.1, 0.15) is 6.67 Å². The van der Waals surface area contributed by atoms with Gasteiger partial charge in [0.15, 0.2) is 0 Å². The summed E-state index contributed by atoms with van der Waals surface area (Å²) in [6, 6.07) is -0.181. The number of rotatable bonds is 3. The fraction of sp³-hybridized carbons (Fsp3) is 0.727. The van der Waals surface area contributed by atoms with E-state index in [2.05, 4.69) is 12.3 Å². The number of nitrogens with zero attached hydrogens (tertiary/aromatic N) is 2. The standard InChI is InChI=1S/C10H17FN2O.CH5N/c1-4-10(14)13-6-5-8(12(2)3)9(13)7-11;1-2/h4,8-9H,1,5-7H2,2-3H3;2H2,1H3. The van der Waals surface area contributed by atoms with Crippen molar-refractivity contribution in [3.05, 3.63) is 12.7 Å². The summed E-state index contributed by atoms with van der Waals surface area (Å²) >= 11 is 0. The first kappa shape index (κ1) is 15.1. The Kier molecular flexibility index (Phi) is 6.92. The van der Waals surface area contributed by atoms with E-state index in [1.807, 2.05) is 19.0 Å². The van der Waals surface area contributed by atoms with Gasteiger partial charge in [0, 0.05) is 12.6 Å². The first-order chi connectivity index (χ1) is 7.61. The molecule has 5 heteroatoms. The second kappa shape index (κ2) is 7.35. The zero-order valence-electron chi connectivity index (χ0n) is 10.3. The molecule has 1 saturated heterocycles. The highest BCUT2D eigenvalue weighted by Crippen LogP contribution is 2.22. The Morgan fingerprint density at radius 2 is 2.19 bits per heavy atom. The smallest absolute Gasteiger partial charge is 0.246 e. The van der Waals surface area contributed by atoms with Gasteiger partial charge in [-0.15, -0.1) is 0 Å². The molecule has 1 heterocycles. The molecule has 16 heavy (non-hydrogen) atoms. The highest BCUT2D eigenvalue weighted by atomic mass is 19.1. The molecule has 0 aromatic heterocycles. The normalized spacial score (nSPS) is 24.0. The first-order valence-corrected chi connectivity index (χ1v) is 5.35. The van der Waals surface area contributed by atoms with Gasteiger partial charge in [-0.3, -0.25) is 4.79 Å². The van der Waals surface area contributed by atoms with Gasteiger partial charge in [0.2, 0.25) is 5.91 Å². The van der Waals surface area contributed by atoms with E-state index in [9.17, 15) is 9.18 Å². The van der Waals surface area contributed by atoms with Crippen molar-refractivity contribution in [3.63, 3.8) is 0 Å². The van der Waals surface area contributed by atoms with Crippen LogP contribution in [0.15, 0.2) is 12.7 Å². The molecule has 2 N–H and O–H groups in total. The summed E-state index contributed by atoms with van der Waals surface area (Å²) in [4.78, 5) is 14.9. The molecule has 0 spiro atoms. The lowest BCUT2D eigenvalue weighted by Crippen LogP contribution is -2.45. The monoisotopic (exact) mass is 231 g/mol. The Morgan fingerprint density at radius 1 is 1.62 bits per heavy atom. The van der Waals surface area contributed by atoms with Gasteiger partial charge in [-0.2, -0.15) is 0 Å². The van der Waals surface area contributed by atoms with Crippen LogP contribution in [0.25, 0.3) is 0 Å². The molecule has 1 amide bonds. The van der Waals surface area contributed by atoms with Gasteiger partial charge in [0.25, 0.3) is 0 Å². The van der Waals surface area contributed by atoms with E-state index in [-0.39, 0.29) is 18.0 Å². The third-order valence-electron chi connectivity index (χ3n) is 2.79. The second-order valence-corrected chi connectivity index (χ2v) is 3.78. The van der Waals surface area contributed by atoms with Crippen LogP contribution in [0.1, 0.15) is 6.42 Å². The van der Waals surface area contributed by atoms with Crippen LogP contribution in [0.3, 0.4) is 0 Å². The summed E-state index contributed by atoms with van der Waals surface area (Å²) < 4.78 is 12.8. The van der Waals surface area contributed by atoms with Gasteiger partial charge in [-0.05, 0) is 33.6 Å². The molecule has 0 radical (unpaired) electrons. The SMILES string of the molecule is C=CC(=O)N1CCC(N(C)C)C1CF.CN. The Morgan fingerprint density at radius 3 is 2.56 bits per heavy atom. The van der Waals surface area contributed by atoms with Crippen molar-refractivity contribution in [2.75, 3.05) is 34.4 Å². The van der Waals surface area contributed by atoms with Crippen LogP contribution in [-0.4, -0.2) is 62.2 Å². The quantitative estimate of drug-likeness (QED) is 0.708. The summed E-state index contributed by atoms with van der Waals surface area (Å²) in [5.41, 5.74) is 4.50. The maximum atomic E-state index is 12.8. The zero-order valence-corrected chi connectivity index (χ0v) is 10.3. The number of carbonyl (C=O) groups is 1. The van der Waals surface area contributed by atoms with Gasteiger partial charge >= 0.3 is 0 Å². The molecule has 94 valence electrons. The van der Waals surface area contributed by atoms with Gasteiger partial charge < -0.3 is 15.5 Å². The van der Waals surface area contributed by atoms with Crippen molar-refractivity contribution < 1.29 is 9.18 Å². The lowest BCUT2D eigenvalue weighted by molar-refractivity contribution is -0.127. The van der Waals surface area contributed by atoms with E-state index >= 15 is 0 Å². The number of amides is 1. The summed E-state index contributed by atoms with van der Waals surface area (Å²) in [6.45, 7) is 3.56. The van der Waals surface area contributed by atoms with Crippen molar-refractivity contribution >= 4 is 5.91 Å². The van der Waals surface area contributed by atoms with Crippen molar-refractivity contribution in [2.24, 2.45) is 5.73 Å². The largest absolute Gasteiger partial charge is 0.333 e. The number of hydrogen-bond acceptors (Lipinski definition) is 3. The molecule has 0 saturated carbocycles. The van der Waals surface area contributed by atoms with Gasteiger partial charge in [-0.25, -0.2) is 4.39 Å². The molecule has 4 nitrogen and oxygen atoms in total. The number of alkyl halides is 1. The van der Waals surface area contributed by atoms with Crippen molar-refractivity contribution in [2.45, 2.75) is 18.5 Å². The predicted octanol–water partition coefficient (Wildman–Crippen LogP) is 0.248. The van der Waals surface area contributed by atoms with E-state index in [0.29, 0.717) is 6.54 Å². The molecule has 2 atom stereocenters. The van der Waals surface area contributed by atoms with Crippen LogP contribution < -0.4 is 5.73 Å². The van der Waals surface area contributed by atoms with Crippen LogP contribution in [0.2, 0.25) is 0 Å². The molecule has 0 bridgehead atoms. The molecular weight excluding hydrogens is 209 g/mol. The minimum atomic E-state index is -0.484. The minimum Gasteiger partial charge on any atom is -0.333 e. The van der Waals surface area contributed by atoms with E-state index in [1.54, 1.807) is 4.90 Å². The molecule has 1 aliphatic heterocycles. The molecular formula is C11H22FN3O. The van der Waals surface area contributed by atoms with E-state index in [1.165, 1.54) is 13.1 Å². The fourth-order valence-electron chi connectivity index (χ4n) is 2.02. The maximum absolute atomic E-state index is 12.8. The Bertz CT molecular complexity index is 233. The van der Waals surface area contributed by atoms with Gasteiger partial charge in [-0.1, -0.05) is 6.58 Å². The number of carbonyl (C=O) groups excluding carboxylic acids is 1. The predicted molar refractivity (Wildman–Crippen MR) is 63.9 cm³/mol. The van der Waals surface area contributed by atoms with Crippen LogP contribution >= 0.6 is 0 Å². The molecule has 1 fully saturated rings. The number of halogens is 1. The zero-order chi connectivity index (χ0) is 12.7. The van der Waals surface area contributed by atoms with E-state index in [0.717, 1.165) is 6.42 Å². The van der Waals surface area contributed by atoms with Crippen molar-refractivity contribution in [1.82, 2.24) is 9.80 Å². The number of nitrogens with two attached hydrogens (primary N) is 1. The van der Waals surface area contributed by atoms with Gasteiger partial charge in [0.05, 0.1) is 6.04 Å². The molecule has 0 aromatic rings. The molecule has 1 rings (SSSR count). The van der Waals surface area contributed by atoms with Crippen LogP contribution in [-0.2, 0) is 4.79 Å². The number of likely N-dealkylation sites (tertiary alicyclic amines) is 1. The lowest BCUT2D eigenvalue weighted by atomic mass is 10.1. The Balaban J connectivity index is 0.00000106. The highest BCUT2D eigenvalue weighted by Gasteiger charge is 2.37. The average Bonchev–Trinajstić information content (AvgIpc) is 2.74. The van der Waals surface area contributed by atoms with Crippen LogP contribution in [0, 0.1) is 0 Å². The number of hydrogen-bond donors (Lipinski definition) is 1. The summed E-state index contributed by atoms with van der Waals surface area (Å²) in [6.07, 6.45) is 2.09.